The van der Waals surface area contributed by atoms with E-state index >= 15 is 0 Å². The predicted octanol–water partition coefficient (Wildman–Crippen LogP) is 3.14. The van der Waals surface area contributed by atoms with Gasteiger partial charge in [0.2, 0.25) is 10.0 Å². The molecule has 1 aromatic rings. The normalized spacial score (nSPS) is 33.6. The third kappa shape index (κ3) is 3.39. The minimum atomic E-state index is -3.61. The largest absolute Gasteiger partial charge is 0.379 e. The SMILES string of the molecule is CCN(C(=O)c1cccc(S(=O)(=O)N2CCOCC2)c1)C12CC3CC(CC(C3)C1)C2. The van der Waals surface area contributed by atoms with Crippen molar-refractivity contribution in [3.8, 4) is 0 Å². The fourth-order valence-electron chi connectivity index (χ4n) is 6.97. The van der Waals surface area contributed by atoms with Gasteiger partial charge in [0.15, 0.2) is 0 Å². The van der Waals surface area contributed by atoms with Crippen LogP contribution in [0.1, 0.15) is 55.8 Å². The summed E-state index contributed by atoms with van der Waals surface area (Å²) in [6.45, 7) is 4.26. The van der Waals surface area contributed by atoms with Crippen LogP contribution in [0.2, 0.25) is 0 Å². The van der Waals surface area contributed by atoms with E-state index in [9.17, 15) is 13.2 Å². The van der Waals surface area contributed by atoms with Gasteiger partial charge in [0, 0.05) is 30.7 Å². The molecule has 1 amide bonds. The van der Waals surface area contributed by atoms with Crippen LogP contribution < -0.4 is 0 Å². The minimum absolute atomic E-state index is 0.0153. The molecule has 0 aromatic heterocycles. The Bertz CT molecular complexity index is 888. The van der Waals surface area contributed by atoms with E-state index < -0.39 is 10.0 Å². The summed E-state index contributed by atoms with van der Waals surface area (Å²) in [6.07, 6.45) is 7.34. The summed E-state index contributed by atoms with van der Waals surface area (Å²) in [7, 11) is -3.61. The maximum Gasteiger partial charge on any atom is 0.254 e. The van der Waals surface area contributed by atoms with Crippen molar-refractivity contribution >= 4 is 15.9 Å². The van der Waals surface area contributed by atoms with E-state index in [1.165, 1.54) is 23.6 Å². The van der Waals surface area contributed by atoms with E-state index in [1.54, 1.807) is 24.3 Å². The number of sulfonamides is 1. The predicted molar refractivity (Wildman–Crippen MR) is 114 cm³/mol. The highest BCUT2D eigenvalue weighted by molar-refractivity contribution is 7.89. The van der Waals surface area contributed by atoms with Crippen LogP contribution in [0.4, 0.5) is 0 Å². The van der Waals surface area contributed by atoms with Gasteiger partial charge in [0.05, 0.1) is 18.1 Å². The van der Waals surface area contributed by atoms with Gasteiger partial charge in [-0.05, 0) is 81.4 Å². The van der Waals surface area contributed by atoms with E-state index in [0.717, 1.165) is 37.0 Å². The highest BCUT2D eigenvalue weighted by Crippen LogP contribution is 2.58. The molecule has 6 rings (SSSR count). The van der Waals surface area contributed by atoms with E-state index in [-0.39, 0.29) is 16.3 Å². The van der Waals surface area contributed by atoms with Crippen LogP contribution in [0.25, 0.3) is 0 Å². The summed E-state index contributed by atoms with van der Waals surface area (Å²) in [4.78, 5) is 15.9. The standard InChI is InChI=1S/C23H32N2O4S/c1-2-25(23-14-17-10-18(15-23)12-19(11-17)16-23)22(26)20-4-3-5-21(13-20)30(27,28)24-6-8-29-9-7-24/h3-5,13,17-19H,2,6-12,14-16H2,1H3. The van der Waals surface area contributed by atoms with Gasteiger partial charge < -0.3 is 9.64 Å². The van der Waals surface area contributed by atoms with Gasteiger partial charge in [-0.1, -0.05) is 6.07 Å². The Hall–Kier alpha value is -1.44. The third-order valence-corrected chi connectivity index (χ3v) is 9.72. The molecule has 4 bridgehead atoms. The van der Waals surface area contributed by atoms with E-state index in [4.69, 9.17) is 4.74 Å². The topological polar surface area (TPSA) is 66.9 Å². The Kier molecular flexibility index (Phi) is 5.19. The lowest BCUT2D eigenvalue weighted by atomic mass is 9.52. The average molecular weight is 433 g/mol. The first-order valence-corrected chi connectivity index (χ1v) is 12.9. The van der Waals surface area contributed by atoms with Crippen LogP contribution in [0, 0.1) is 17.8 Å². The van der Waals surface area contributed by atoms with Gasteiger partial charge >= 0.3 is 0 Å². The number of nitrogens with zero attached hydrogens (tertiary/aromatic N) is 2. The summed E-state index contributed by atoms with van der Waals surface area (Å²) < 4.78 is 32.9. The van der Waals surface area contributed by atoms with Crippen molar-refractivity contribution in [1.29, 1.82) is 0 Å². The second kappa shape index (κ2) is 7.61. The molecule has 1 aromatic carbocycles. The third-order valence-electron chi connectivity index (χ3n) is 7.83. The second-order valence-corrected chi connectivity index (χ2v) is 11.7. The van der Waals surface area contributed by atoms with Crippen molar-refractivity contribution in [1.82, 2.24) is 9.21 Å². The molecule has 0 radical (unpaired) electrons. The molecule has 5 aliphatic rings. The van der Waals surface area contributed by atoms with Crippen molar-refractivity contribution in [2.75, 3.05) is 32.8 Å². The summed E-state index contributed by atoms with van der Waals surface area (Å²) in [5.41, 5.74) is 0.460. The highest BCUT2D eigenvalue weighted by atomic mass is 32.2. The summed E-state index contributed by atoms with van der Waals surface area (Å²) >= 11 is 0. The lowest BCUT2D eigenvalue weighted by Crippen LogP contribution is -2.61. The molecular formula is C23H32N2O4S. The number of amides is 1. The lowest BCUT2D eigenvalue weighted by molar-refractivity contribution is -0.0731. The average Bonchev–Trinajstić information content (AvgIpc) is 2.74. The van der Waals surface area contributed by atoms with Crippen molar-refractivity contribution < 1.29 is 17.9 Å². The molecule has 1 saturated heterocycles. The Morgan fingerprint density at radius 1 is 1.10 bits per heavy atom. The fourth-order valence-corrected chi connectivity index (χ4v) is 8.43. The Balaban J connectivity index is 1.42. The monoisotopic (exact) mass is 432 g/mol. The van der Waals surface area contributed by atoms with Crippen LogP contribution in [-0.2, 0) is 14.8 Å². The molecule has 1 aliphatic heterocycles. The molecule has 0 unspecified atom stereocenters. The molecule has 6 nitrogen and oxygen atoms in total. The maximum absolute atomic E-state index is 13.6. The quantitative estimate of drug-likeness (QED) is 0.717. The van der Waals surface area contributed by atoms with Crippen molar-refractivity contribution in [2.24, 2.45) is 17.8 Å². The molecule has 1 heterocycles. The zero-order valence-corrected chi connectivity index (χ0v) is 18.6. The van der Waals surface area contributed by atoms with E-state index in [0.29, 0.717) is 38.4 Å². The number of benzene rings is 1. The Labute approximate surface area is 179 Å². The minimum Gasteiger partial charge on any atom is -0.379 e. The first-order chi connectivity index (χ1) is 14.4. The molecular weight excluding hydrogens is 400 g/mol. The zero-order valence-electron chi connectivity index (χ0n) is 17.8. The summed E-state index contributed by atoms with van der Waals surface area (Å²) in [5.74, 6) is 2.25. The molecule has 5 fully saturated rings. The molecule has 0 N–H and O–H groups in total. The summed E-state index contributed by atoms with van der Waals surface area (Å²) in [5, 5.41) is 0. The molecule has 4 saturated carbocycles. The van der Waals surface area contributed by atoms with Crippen molar-refractivity contribution in [3.63, 3.8) is 0 Å². The number of carbonyl (C=O) groups excluding carboxylic acids is 1. The molecule has 0 spiro atoms. The maximum atomic E-state index is 13.6. The number of carbonyl (C=O) groups is 1. The van der Waals surface area contributed by atoms with Crippen LogP contribution >= 0.6 is 0 Å². The number of rotatable bonds is 5. The van der Waals surface area contributed by atoms with Gasteiger partial charge in [0.1, 0.15) is 0 Å². The van der Waals surface area contributed by atoms with Gasteiger partial charge in [-0.3, -0.25) is 4.79 Å². The second-order valence-electron chi connectivity index (χ2n) is 9.74. The first-order valence-electron chi connectivity index (χ1n) is 11.4. The van der Waals surface area contributed by atoms with Crippen LogP contribution in [0.5, 0.6) is 0 Å². The molecule has 30 heavy (non-hydrogen) atoms. The van der Waals surface area contributed by atoms with Gasteiger partial charge in [-0.2, -0.15) is 4.31 Å². The van der Waals surface area contributed by atoms with E-state index in [1.807, 2.05) is 0 Å². The Morgan fingerprint density at radius 3 is 2.27 bits per heavy atom. The fraction of sp³-hybridized carbons (Fsp3) is 0.696. The van der Waals surface area contributed by atoms with Crippen LogP contribution in [0.3, 0.4) is 0 Å². The van der Waals surface area contributed by atoms with Gasteiger partial charge in [-0.25, -0.2) is 8.42 Å². The molecule has 164 valence electrons. The van der Waals surface area contributed by atoms with Gasteiger partial charge in [-0.15, -0.1) is 0 Å². The zero-order chi connectivity index (χ0) is 20.9. The number of morpholine rings is 1. The molecule has 0 atom stereocenters. The number of hydrogen-bond donors (Lipinski definition) is 0. The van der Waals surface area contributed by atoms with Crippen LogP contribution in [-0.4, -0.2) is 61.9 Å². The van der Waals surface area contributed by atoms with Gasteiger partial charge in [0.25, 0.3) is 5.91 Å². The molecule has 4 aliphatic carbocycles. The molecule has 7 heteroatoms. The smallest absolute Gasteiger partial charge is 0.254 e. The van der Waals surface area contributed by atoms with Crippen LogP contribution in [0.15, 0.2) is 29.2 Å². The summed E-state index contributed by atoms with van der Waals surface area (Å²) in [6, 6.07) is 6.65. The van der Waals surface area contributed by atoms with E-state index in [2.05, 4.69) is 11.8 Å². The van der Waals surface area contributed by atoms with Crippen molar-refractivity contribution in [2.45, 2.75) is 55.9 Å². The Morgan fingerprint density at radius 2 is 1.70 bits per heavy atom. The lowest BCUT2D eigenvalue weighted by Gasteiger charge is -2.60. The number of hydrogen-bond acceptors (Lipinski definition) is 4. The number of ether oxygens (including phenoxy) is 1. The highest BCUT2D eigenvalue weighted by Gasteiger charge is 2.54. The first kappa shape index (κ1) is 20.5. The van der Waals surface area contributed by atoms with Crippen molar-refractivity contribution in [3.05, 3.63) is 29.8 Å².